The van der Waals surface area contributed by atoms with E-state index in [1.54, 1.807) is 12.4 Å². The zero-order valence-electron chi connectivity index (χ0n) is 5.08. The van der Waals surface area contributed by atoms with Crippen molar-refractivity contribution in [2.45, 2.75) is 6.54 Å². The van der Waals surface area contributed by atoms with Crippen molar-refractivity contribution in [2.75, 3.05) is 0 Å². The first-order chi connectivity index (χ1) is 4.86. The second kappa shape index (κ2) is 2.02. The number of rotatable bonds is 0. The number of fused-ring (bicyclic) bond motifs is 1. The molecule has 1 aliphatic rings. The molecule has 0 radical (unpaired) electrons. The van der Waals surface area contributed by atoms with Crippen LogP contribution < -0.4 is 0 Å². The molecule has 0 atom stereocenters. The third-order valence-electron chi connectivity index (χ3n) is 1.34. The summed E-state index contributed by atoms with van der Waals surface area (Å²) in [5.41, 5.74) is 1.89. The van der Waals surface area contributed by atoms with Gasteiger partial charge < -0.3 is 0 Å². The predicted molar refractivity (Wildman–Crippen MR) is 38.3 cm³/mol. The molecule has 0 bridgehead atoms. The lowest BCUT2D eigenvalue weighted by molar-refractivity contribution is 1.04. The van der Waals surface area contributed by atoms with Crippen LogP contribution in [0.15, 0.2) is 11.2 Å². The van der Waals surface area contributed by atoms with Crippen LogP contribution >= 0.6 is 11.6 Å². The average Bonchev–Trinajstić information content (AvgIpc) is 2.33. The van der Waals surface area contributed by atoms with Crippen LogP contribution in [-0.4, -0.2) is 16.2 Å². The summed E-state index contributed by atoms with van der Waals surface area (Å²) in [5.74, 6) is 0. The maximum Gasteiger partial charge on any atom is 0.222 e. The highest BCUT2D eigenvalue weighted by molar-refractivity contribution is 6.28. The van der Waals surface area contributed by atoms with Crippen molar-refractivity contribution in [1.29, 1.82) is 0 Å². The Kier molecular flexibility index (Phi) is 1.17. The van der Waals surface area contributed by atoms with Crippen LogP contribution in [0.1, 0.15) is 11.3 Å². The van der Waals surface area contributed by atoms with Gasteiger partial charge in [0.2, 0.25) is 5.28 Å². The molecule has 1 aliphatic heterocycles. The van der Waals surface area contributed by atoms with Gasteiger partial charge in [-0.05, 0) is 11.6 Å². The van der Waals surface area contributed by atoms with Gasteiger partial charge in [0.15, 0.2) is 0 Å². The maximum absolute atomic E-state index is 5.54. The van der Waals surface area contributed by atoms with E-state index in [9.17, 15) is 0 Å². The minimum absolute atomic E-state index is 0.284. The largest absolute Gasteiger partial charge is 0.286 e. The molecule has 50 valence electrons. The average molecular weight is 154 g/mol. The second-order valence-electron chi connectivity index (χ2n) is 2.02. The molecule has 0 N–H and O–H groups in total. The zero-order valence-corrected chi connectivity index (χ0v) is 5.84. The predicted octanol–water partition coefficient (Wildman–Crippen LogP) is 1.06. The van der Waals surface area contributed by atoms with Gasteiger partial charge in [-0.1, -0.05) is 0 Å². The smallest absolute Gasteiger partial charge is 0.222 e. The summed E-state index contributed by atoms with van der Waals surface area (Å²) < 4.78 is 0. The van der Waals surface area contributed by atoms with E-state index in [0.717, 1.165) is 11.3 Å². The van der Waals surface area contributed by atoms with Crippen LogP contribution in [0.4, 0.5) is 0 Å². The van der Waals surface area contributed by atoms with E-state index in [0.29, 0.717) is 6.54 Å². The lowest BCUT2D eigenvalue weighted by Gasteiger charge is -1.92. The molecule has 0 aliphatic carbocycles. The second-order valence-corrected chi connectivity index (χ2v) is 2.36. The fourth-order valence-corrected chi connectivity index (χ4v) is 1.00. The highest BCUT2D eigenvalue weighted by Crippen LogP contribution is 2.12. The van der Waals surface area contributed by atoms with Gasteiger partial charge in [0.05, 0.1) is 12.2 Å². The van der Waals surface area contributed by atoms with E-state index in [4.69, 9.17) is 11.6 Å². The first kappa shape index (κ1) is 5.80. The molecule has 0 aromatic carbocycles. The molecular formula is C6H4ClN3. The van der Waals surface area contributed by atoms with Crippen molar-refractivity contribution in [2.24, 2.45) is 4.99 Å². The summed E-state index contributed by atoms with van der Waals surface area (Å²) in [4.78, 5) is 11.8. The van der Waals surface area contributed by atoms with Gasteiger partial charge in [-0.2, -0.15) is 0 Å². The fraction of sp³-hybridized carbons (Fsp3) is 0.167. The number of nitrogens with zero attached hydrogens (tertiary/aromatic N) is 3. The minimum Gasteiger partial charge on any atom is -0.286 e. The van der Waals surface area contributed by atoms with Crippen molar-refractivity contribution in [3.05, 3.63) is 22.7 Å². The van der Waals surface area contributed by atoms with Gasteiger partial charge >= 0.3 is 0 Å². The molecule has 0 amide bonds. The van der Waals surface area contributed by atoms with E-state index in [1.165, 1.54) is 0 Å². The molecule has 4 heteroatoms. The Balaban J connectivity index is 2.60. The van der Waals surface area contributed by atoms with Crippen molar-refractivity contribution in [3.8, 4) is 0 Å². The molecule has 0 saturated carbocycles. The van der Waals surface area contributed by atoms with Crippen LogP contribution in [0.25, 0.3) is 0 Å². The van der Waals surface area contributed by atoms with Crippen molar-refractivity contribution in [3.63, 3.8) is 0 Å². The van der Waals surface area contributed by atoms with E-state index in [1.807, 2.05) is 0 Å². The van der Waals surface area contributed by atoms with Crippen molar-refractivity contribution < 1.29 is 0 Å². The highest BCUT2D eigenvalue weighted by atomic mass is 35.5. The lowest BCUT2D eigenvalue weighted by Crippen LogP contribution is -1.91. The fourth-order valence-electron chi connectivity index (χ4n) is 0.861. The monoisotopic (exact) mass is 153 g/mol. The Labute approximate surface area is 62.8 Å². The van der Waals surface area contributed by atoms with Crippen molar-refractivity contribution in [1.82, 2.24) is 9.97 Å². The third-order valence-corrected chi connectivity index (χ3v) is 1.53. The standard InChI is InChI=1S/C6H4ClN3/c7-6-9-2-4-1-8-3-5(4)10-6/h2-3H,1H2. The van der Waals surface area contributed by atoms with Gasteiger partial charge in [0.1, 0.15) is 0 Å². The highest BCUT2D eigenvalue weighted by Gasteiger charge is 2.07. The lowest BCUT2D eigenvalue weighted by atomic mass is 10.3. The van der Waals surface area contributed by atoms with E-state index in [-0.39, 0.29) is 5.28 Å². The van der Waals surface area contributed by atoms with Gasteiger partial charge in [-0.3, -0.25) is 4.99 Å². The normalized spacial score (nSPS) is 13.7. The van der Waals surface area contributed by atoms with Crippen LogP contribution in [-0.2, 0) is 6.54 Å². The summed E-state index contributed by atoms with van der Waals surface area (Å²) in [6.45, 7) is 0.687. The van der Waals surface area contributed by atoms with Crippen LogP contribution in [0.3, 0.4) is 0 Å². The molecule has 0 saturated heterocycles. The number of hydrogen-bond acceptors (Lipinski definition) is 3. The molecule has 1 aromatic heterocycles. The molecule has 0 unspecified atom stereocenters. The first-order valence-electron chi connectivity index (χ1n) is 2.87. The van der Waals surface area contributed by atoms with Crippen LogP contribution in [0.5, 0.6) is 0 Å². The summed E-state index contributed by atoms with van der Waals surface area (Å²) in [6, 6.07) is 0. The van der Waals surface area contributed by atoms with E-state index < -0.39 is 0 Å². The van der Waals surface area contributed by atoms with Crippen LogP contribution in [0, 0.1) is 0 Å². The summed E-state index contributed by atoms with van der Waals surface area (Å²) in [5, 5.41) is 0.284. The zero-order chi connectivity index (χ0) is 6.97. The summed E-state index contributed by atoms with van der Waals surface area (Å²) in [7, 11) is 0. The third kappa shape index (κ3) is 0.789. The molecule has 0 spiro atoms. The molecule has 2 rings (SSSR count). The Morgan fingerprint density at radius 3 is 3.30 bits per heavy atom. The molecule has 0 fully saturated rings. The molecule has 1 aromatic rings. The molecule has 3 nitrogen and oxygen atoms in total. The summed E-state index contributed by atoms with van der Waals surface area (Å²) in [6.07, 6.45) is 3.42. The number of aromatic nitrogens is 2. The van der Waals surface area contributed by atoms with E-state index in [2.05, 4.69) is 15.0 Å². The number of hydrogen-bond donors (Lipinski definition) is 0. The van der Waals surface area contributed by atoms with Gasteiger partial charge in [-0.15, -0.1) is 0 Å². The Morgan fingerprint density at radius 2 is 2.40 bits per heavy atom. The minimum atomic E-state index is 0.284. The molecule has 10 heavy (non-hydrogen) atoms. The Hall–Kier alpha value is -0.960. The van der Waals surface area contributed by atoms with Gasteiger partial charge in [0, 0.05) is 18.0 Å². The molecule has 2 heterocycles. The van der Waals surface area contributed by atoms with Gasteiger partial charge in [-0.25, -0.2) is 9.97 Å². The number of halogens is 1. The van der Waals surface area contributed by atoms with Gasteiger partial charge in [0.25, 0.3) is 0 Å². The number of aliphatic imine (C=N–C) groups is 1. The Bertz CT molecular complexity index is 295. The van der Waals surface area contributed by atoms with Crippen molar-refractivity contribution >= 4 is 17.8 Å². The summed E-state index contributed by atoms with van der Waals surface area (Å²) >= 11 is 5.54. The Morgan fingerprint density at radius 1 is 1.50 bits per heavy atom. The maximum atomic E-state index is 5.54. The topological polar surface area (TPSA) is 38.1 Å². The van der Waals surface area contributed by atoms with E-state index >= 15 is 0 Å². The first-order valence-corrected chi connectivity index (χ1v) is 3.25. The SMILES string of the molecule is Clc1ncc2c(n1)C=NC2. The quantitative estimate of drug-likeness (QED) is 0.523. The van der Waals surface area contributed by atoms with Crippen LogP contribution in [0.2, 0.25) is 5.28 Å². The molecular weight excluding hydrogens is 150 g/mol.